The van der Waals surface area contributed by atoms with E-state index in [1.807, 2.05) is 0 Å². The Bertz CT molecular complexity index is 516. The van der Waals surface area contributed by atoms with Crippen molar-refractivity contribution >= 4 is 17.3 Å². The van der Waals surface area contributed by atoms with Crippen LogP contribution in [0.2, 0.25) is 0 Å². The third-order valence-electron chi connectivity index (χ3n) is 2.74. The summed E-state index contributed by atoms with van der Waals surface area (Å²) in [6.07, 6.45) is 0.203. The van der Waals surface area contributed by atoms with Crippen LogP contribution in [0.5, 0.6) is 5.75 Å². The lowest BCUT2D eigenvalue weighted by Crippen LogP contribution is -2.18. The highest BCUT2D eigenvalue weighted by Crippen LogP contribution is 2.35. The summed E-state index contributed by atoms with van der Waals surface area (Å²) in [4.78, 5) is 21.3. The van der Waals surface area contributed by atoms with Crippen LogP contribution in [-0.4, -0.2) is 28.1 Å². The number of para-hydroxylation sites is 1. The van der Waals surface area contributed by atoms with Crippen molar-refractivity contribution in [2.75, 3.05) is 5.32 Å². The summed E-state index contributed by atoms with van der Waals surface area (Å²) in [7, 11) is 0. The predicted molar refractivity (Wildman–Crippen MR) is 78.8 cm³/mol. The molecule has 1 aromatic carbocycles. The number of nitrogens with zero attached hydrogens (tertiary/aromatic N) is 1. The van der Waals surface area contributed by atoms with E-state index < -0.39 is 10.9 Å². The van der Waals surface area contributed by atoms with E-state index in [0.717, 1.165) is 0 Å². The maximum absolute atomic E-state index is 11.3. The van der Waals surface area contributed by atoms with Crippen molar-refractivity contribution in [3.8, 4) is 5.75 Å². The van der Waals surface area contributed by atoms with Crippen LogP contribution >= 0.6 is 0 Å². The van der Waals surface area contributed by atoms with E-state index >= 15 is 0 Å². The second-order valence-electron chi connectivity index (χ2n) is 5.05. The molecule has 1 aromatic rings. The smallest absolute Gasteiger partial charge is 0.333 e. The highest BCUT2D eigenvalue weighted by molar-refractivity contribution is 5.69. The van der Waals surface area contributed by atoms with Crippen molar-refractivity contribution in [3.05, 3.63) is 28.3 Å². The van der Waals surface area contributed by atoms with Gasteiger partial charge in [-0.2, -0.15) is 0 Å². The monoisotopic (exact) mass is 296 g/mol. The first kappa shape index (κ1) is 16.7. The number of anilines is 1. The molecule has 21 heavy (non-hydrogen) atoms. The summed E-state index contributed by atoms with van der Waals surface area (Å²) < 4.78 is 5.45. The van der Waals surface area contributed by atoms with Crippen LogP contribution in [0.15, 0.2) is 18.2 Å². The Morgan fingerprint density at radius 2 is 2.10 bits per heavy atom. The van der Waals surface area contributed by atoms with Crippen molar-refractivity contribution < 1.29 is 19.6 Å². The third kappa shape index (κ3) is 5.29. The molecule has 0 spiro atoms. The molecular formula is C14H20N2O5. The van der Waals surface area contributed by atoms with Crippen molar-refractivity contribution in [1.82, 2.24) is 0 Å². The van der Waals surface area contributed by atoms with Gasteiger partial charge in [-0.1, -0.05) is 6.07 Å². The van der Waals surface area contributed by atoms with Crippen LogP contribution in [0.25, 0.3) is 0 Å². The van der Waals surface area contributed by atoms with Crippen LogP contribution in [-0.2, 0) is 4.79 Å². The molecule has 1 unspecified atom stereocenters. The molecule has 2 N–H and O–H groups in total. The van der Waals surface area contributed by atoms with Gasteiger partial charge >= 0.3 is 11.7 Å². The Hall–Kier alpha value is -2.31. The zero-order chi connectivity index (χ0) is 16.0. The average molecular weight is 296 g/mol. The van der Waals surface area contributed by atoms with Crippen LogP contribution in [0.4, 0.5) is 11.4 Å². The van der Waals surface area contributed by atoms with Crippen LogP contribution in [0, 0.1) is 10.1 Å². The fourth-order valence-electron chi connectivity index (χ4n) is 1.85. The maximum Gasteiger partial charge on any atom is 0.333 e. The number of nitrogens with one attached hydrogen (secondary N) is 1. The lowest BCUT2D eigenvalue weighted by atomic mass is 10.1. The van der Waals surface area contributed by atoms with Crippen molar-refractivity contribution in [2.45, 2.75) is 45.8 Å². The molecule has 0 saturated heterocycles. The van der Waals surface area contributed by atoms with E-state index in [9.17, 15) is 14.9 Å². The molecule has 0 aliphatic heterocycles. The van der Waals surface area contributed by atoms with Gasteiger partial charge in [0.2, 0.25) is 0 Å². The molecule has 0 aliphatic carbocycles. The molecule has 7 nitrogen and oxygen atoms in total. The minimum Gasteiger partial charge on any atom is -0.484 e. The molecule has 0 saturated carbocycles. The summed E-state index contributed by atoms with van der Waals surface area (Å²) in [6.45, 7) is 5.36. The number of hydrogen-bond acceptors (Lipinski definition) is 5. The zero-order valence-corrected chi connectivity index (χ0v) is 12.3. The lowest BCUT2D eigenvalue weighted by Gasteiger charge is -2.16. The van der Waals surface area contributed by atoms with Gasteiger partial charge in [-0.3, -0.25) is 14.9 Å². The first-order valence-electron chi connectivity index (χ1n) is 6.73. The molecule has 0 amide bonds. The summed E-state index contributed by atoms with van der Waals surface area (Å²) >= 11 is 0. The molecule has 0 heterocycles. The average Bonchev–Trinajstić information content (AvgIpc) is 2.35. The van der Waals surface area contributed by atoms with Gasteiger partial charge in [0.25, 0.3) is 0 Å². The third-order valence-corrected chi connectivity index (χ3v) is 2.74. The van der Waals surface area contributed by atoms with Gasteiger partial charge in [0, 0.05) is 12.5 Å². The number of carboxylic acid groups (broad SMARTS) is 1. The highest BCUT2D eigenvalue weighted by atomic mass is 16.6. The number of aliphatic carboxylic acids is 1. The minimum atomic E-state index is -0.893. The van der Waals surface area contributed by atoms with Gasteiger partial charge < -0.3 is 15.2 Å². The van der Waals surface area contributed by atoms with E-state index in [4.69, 9.17) is 9.84 Å². The first-order valence-corrected chi connectivity index (χ1v) is 6.73. The molecule has 0 aliphatic rings. The number of hydrogen-bond donors (Lipinski definition) is 2. The van der Waals surface area contributed by atoms with Crippen molar-refractivity contribution in [2.24, 2.45) is 0 Å². The number of nitro benzene ring substituents is 1. The second kappa shape index (κ2) is 7.47. The van der Waals surface area contributed by atoms with Crippen LogP contribution in [0.1, 0.15) is 33.6 Å². The SMILES string of the molecule is CC(CCC(=O)O)Nc1cccc(OC(C)C)c1[N+](=O)[O-]. The standard InChI is InChI=1S/C14H20N2O5/c1-9(2)21-12-6-4-5-11(14(12)16(19)20)15-10(3)7-8-13(17)18/h4-6,9-10,15H,7-8H2,1-3H3,(H,17,18). The fraction of sp³-hybridized carbons (Fsp3) is 0.500. The number of carboxylic acids is 1. The number of rotatable bonds is 8. The van der Waals surface area contributed by atoms with E-state index in [0.29, 0.717) is 12.1 Å². The topological polar surface area (TPSA) is 102 Å². The van der Waals surface area contributed by atoms with Gasteiger partial charge in [-0.05, 0) is 39.3 Å². The molecule has 0 bridgehead atoms. The van der Waals surface area contributed by atoms with Crippen LogP contribution < -0.4 is 10.1 Å². The molecule has 1 atom stereocenters. The molecule has 116 valence electrons. The molecule has 0 aromatic heterocycles. The molecule has 7 heteroatoms. The highest BCUT2D eigenvalue weighted by Gasteiger charge is 2.22. The van der Waals surface area contributed by atoms with Gasteiger partial charge in [0.1, 0.15) is 5.69 Å². The van der Waals surface area contributed by atoms with Crippen LogP contribution in [0.3, 0.4) is 0 Å². The Morgan fingerprint density at radius 3 is 2.62 bits per heavy atom. The maximum atomic E-state index is 11.3. The van der Waals surface area contributed by atoms with Gasteiger partial charge in [-0.25, -0.2) is 0 Å². The summed E-state index contributed by atoms with van der Waals surface area (Å²) in [6, 6.07) is 4.60. The van der Waals surface area contributed by atoms with Gasteiger partial charge in [-0.15, -0.1) is 0 Å². The van der Waals surface area contributed by atoms with Gasteiger partial charge in [0.15, 0.2) is 5.75 Å². The Morgan fingerprint density at radius 1 is 1.43 bits per heavy atom. The van der Waals surface area contributed by atoms with Crippen molar-refractivity contribution in [3.63, 3.8) is 0 Å². The largest absolute Gasteiger partial charge is 0.484 e. The Kier molecular flexibility index (Phi) is 5.95. The predicted octanol–water partition coefficient (Wildman–Crippen LogP) is 3.05. The summed E-state index contributed by atoms with van der Waals surface area (Å²) in [5.41, 5.74) is 0.199. The fourth-order valence-corrected chi connectivity index (χ4v) is 1.85. The minimum absolute atomic E-state index is 0.00412. The normalized spacial score (nSPS) is 12.0. The summed E-state index contributed by atoms with van der Waals surface area (Å²) in [5, 5.41) is 22.9. The number of ether oxygens (including phenoxy) is 1. The van der Waals surface area contributed by atoms with E-state index in [1.165, 1.54) is 0 Å². The molecule has 0 radical (unpaired) electrons. The van der Waals surface area contributed by atoms with Gasteiger partial charge in [0.05, 0.1) is 11.0 Å². The quantitative estimate of drug-likeness (QED) is 0.564. The lowest BCUT2D eigenvalue weighted by molar-refractivity contribution is -0.385. The van der Waals surface area contributed by atoms with Crippen molar-refractivity contribution in [1.29, 1.82) is 0 Å². The first-order chi connectivity index (χ1) is 9.81. The number of carbonyl (C=O) groups is 1. The van der Waals surface area contributed by atoms with E-state index in [1.54, 1.807) is 39.0 Å². The molecule has 1 rings (SSSR count). The van der Waals surface area contributed by atoms with E-state index in [2.05, 4.69) is 5.32 Å². The number of nitro groups is 1. The Balaban J connectivity index is 2.95. The number of benzene rings is 1. The van der Waals surface area contributed by atoms with E-state index in [-0.39, 0.29) is 30.0 Å². The second-order valence-corrected chi connectivity index (χ2v) is 5.05. The molecular weight excluding hydrogens is 276 g/mol. The zero-order valence-electron chi connectivity index (χ0n) is 12.3. The summed E-state index contributed by atoms with van der Waals surface area (Å²) in [5.74, 6) is -0.694. The molecule has 0 fully saturated rings. The Labute approximate surface area is 123 Å².